The highest BCUT2D eigenvalue weighted by Crippen LogP contribution is 2.41. The fourth-order valence-corrected chi connectivity index (χ4v) is 4.42. The van der Waals surface area contributed by atoms with E-state index >= 15 is 0 Å². The Bertz CT molecular complexity index is 1100. The topological polar surface area (TPSA) is 86.8 Å². The Labute approximate surface area is 174 Å². The molecule has 2 bridgehead atoms. The Hall–Kier alpha value is -3.10. The van der Waals surface area contributed by atoms with Crippen LogP contribution in [0.3, 0.4) is 0 Å². The third kappa shape index (κ3) is 3.38. The lowest BCUT2D eigenvalue weighted by Gasteiger charge is -2.33. The summed E-state index contributed by atoms with van der Waals surface area (Å²) in [6.07, 6.45) is 8.80. The fourth-order valence-electron chi connectivity index (χ4n) is 4.42. The van der Waals surface area contributed by atoms with E-state index in [1.165, 1.54) is 0 Å². The van der Waals surface area contributed by atoms with Crippen molar-refractivity contribution in [3.8, 4) is 17.1 Å². The van der Waals surface area contributed by atoms with E-state index in [0.717, 1.165) is 29.6 Å². The number of amides is 1. The molecule has 5 rings (SSSR count). The number of piperidine rings is 1. The number of aryl methyl sites for hydroxylation is 1. The highest BCUT2D eigenvalue weighted by molar-refractivity contribution is 5.69. The van der Waals surface area contributed by atoms with Crippen LogP contribution in [-0.2, 0) is 11.8 Å². The van der Waals surface area contributed by atoms with Crippen LogP contribution in [0.15, 0.2) is 30.9 Å². The Kier molecular flexibility index (Phi) is 4.23. The largest absolute Gasteiger partial charge is 0.472 e. The number of aromatic nitrogens is 5. The molecule has 9 heteroatoms. The molecule has 0 aromatic carbocycles. The van der Waals surface area contributed by atoms with E-state index in [1.807, 2.05) is 51.2 Å². The van der Waals surface area contributed by atoms with Crippen molar-refractivity contribution in [3.63, 3.8) is 0 Å². The Morgan fingerprint density at radius 3 is 2.70 bits per heavy atom. The Morgan fingerprint density at radius 2 is 2.03 bits per heavy atom. The van der Waals surface area contributed by atoms with Gasteiger partial charge in [0.05, 0.1) is 24.3 Å². The predicted molar refractivity (Wildman–Crippen MR) is 109 cm³/mol. The standard InChI is InChI=1S/C21H26N6O3/c1-21(2,3)30-20(28)26-11-13-7-15(26)8-18(13)29-19-17-5-6-22-27(17)12-16(24-19)14-9-23-25(4)10-14/h5-6,9-10,12-13,15,18H,7-8,11H2,1-4H3/t13-,15-,18+/m1/s1. The maximum Gasteiger partial charge on any atom is 0.410 e. The number of ether oxygens (including phenoxy) is 2. The van der Waals surface area contributed by atoms with E-state index in [0.29, 0.717) is 12.4 Å². The average molecular weight is 410 g/mol. The molecule has 1 saturated carbocycles. The summed E-state index contributed by atoms with van der Waals surface area (Å²) in [5.74, 6) is 0.838. The van der Waals surface area contributed by atoms with Gasteiger partial charge >= 0.3 is 6.09 Å². The molecular weight excluding hydrogens is 384 g/mol. The summed E-state index contributed by atoms with van der Waals surface area (Å²) in [4.78, 5) is 19.1. The quantitative estimate of drug-likeness (QED) is 0.660. The van der Waals surface area contributed by atoms with Gasteiger partial charge in [0.25, 0.3) is 0 Å². The predicted octanol–water partition coefficient (Wildman–Crippen LogP) is 2.91. The number of carbonyl (C=O) groups excluding carboxylic acids is 1. The third-order valence-electron chi connectivity index (χ3n) is 5.72. The first kappa shape index (κ1) is 18.9. The number of nitrogens with zero attached hydrogens (tertiary/aromatic N) is 6. The molecule has 3 aromatic rings. The number of fused-ring (bicyclic) bond motifs is 3. The maximum absolute atomic E-state index is 12.5. The summed E-state index contributed by atoms with van der Waals surface area (Å²) in [5.41, 5.74) is 2.00. The molecule has 0 radical (unpaired) electrons. The van der Waals surface area contributed by atoms with Crippen molar-refractivity contribution in [3.05, 3.63) is 30.9 Å². The minimum Gasteiger partial charge on any atom is -0.472 e. The van der Waals surface area contributed by atoms with Gasteiger partial charge in [0, 0.05) is 43.7 Å². The van der Waals surface area contributed by atoms with E-state index in [1.54, 1.807) is 21.6 Å². The van der Waals surface area contributed by atoms with E-state index in [9.17, 15) is 4.79 Å². The Morgan fingerprint density at radius 1 is 1.20 bits per heavy atom. The first-order valence-corrected chi connectivity index (χ1v) is 10.3. The highest BCUT2D eigenvalue weighted by Gasteiger charge is 2.49. The molecule has 158 valence electrons. The van der Waals surface area contributed by atoms with Gasteiger partial charge in [-0.2, -0.15) is 10.2 Å². The van der Waals surface area contributed by atoms with Gasteiger partial charge < -0.3 is 14.4 Å². The molecule has 30 heavy (non-hydrogen) atoms. The number of likely N-dealkylation sites (tertiary alicyclic amines) is 1. The van der Waals surface area contributed by atoms with Crippen LogP contribution in [-0.4, -0.2) is 59.7 Å². The second-order valence-corrected chi connectivity index (χ2v) is 9.17. The minimum atomic E-state index is -0.487. The van der Waals surface area contributed by atoms with Gasteiger partial charge in [0.2, 0.25) is 5.88 Å². The number of hydrogen-bond acceptors (Lipinski definition) is 6. The van der Waals surface area contributed by atoms with Gasteiger partial charge in [-0.1, -0.05) is 0 Å². The molecule has 0 unspecified atom stereocenters. The SMILES string of the molecule is Cn1cc(-c2cn3nccc3c(O[C@H]3C[C@H]4C[C@@H]3CN4C(=O)OC(C)(C)C)n2)cn1. The molecule has 9 nitrogen and oxygen atoms in total. The van der Waals surface area contributed by atoms with E-state index in [2.05, 4.69) is 10.2 Å². The molecule has 1 aliphatic heterocycles. The zero-order valence-electron chi connectivity index (χ0n) is 17.6. The van der Waals surface area contributed by atoms with Crippen molar-refractivity contribution in [1.82, 2.24) is 29.3 Å². The molecular formula is C21H26N6O3. The van der Waals surface area contributed by atoms with Crippen molar-refractivity contribution in [2.75, 3.05) is 6.54 Å². The van der Waals surface area contributed by atoms with Crippen LogP contribution >= 0.6 is 0 Å². The third-order valence-corrected chi connectivity index (χ3v) is 5.72. The molecule has 0 spiro atoms. The van der Waals surface area contributed by atoms with Crippen LogP contribution in [0.2, 0.25) is 0 Å². The van der Waals surface area contributed by atoms with Crippen LogP contribution in [0.1, 0.15) is 33.6 Å². The molecule has 3 aromatic heterocycles. The van der Waals surface area contributed by atoms with Gasteiger partial charge in [-0.3, -0.25) is 4.68 Å². The minimum absolute atomic E-state index is 0.0176. The van der Waals surface area contributed by atoms with Crippen LogP contribution in [0.25, 0.3) is 16.8 Å². The Balaban J connectivity index is 1.35. The molecule has 1 aliphatic carbocycles. The smallest absolute Gasteiger partial charge is 0.410 e. The van der Waals surface area contributed by atoms with Gasteiger partial charge in [-0.15, -0.1) is 0 Å². The first-order valence-electron chi connectivity index (χ1n) is 10.3. The average Bonchev–Trinajstić information content (AvgIpc) is 3.43. The molecule has 0 N–H and O–H groups in total. The highest BCUT2D eigenvalue weighted by atomic mass is 16.6. The summed E-state index contributed by atoms with van der Waals surface area (Å²) < 4.78 is 15.5. The molecule has 2 fully saturated rings. The van der Waals surface area contributed by atoms with Gasteiger partial charge in [-0.25, -0.2) is 14.3 Å². The first-order chi connectivity index (χ1) is 14.3. The van der Waals surface area contributed by atoms with Crippen LogP contribution < -0.4 is 4.74 Å². The normalized spacial score (nSPS) is 23.3. The summed E-state index contributed by atoms with van der Waals surface area (Å²) >= 11 is 0. The van der Waals surface area contributed by atoms with Crippen molar-refractivity contribution >= 4 is 11.6 Å². The lowest BCUT2D eigenvalue weighted by Crippen LogP contribution is -2.45. The van der Waals surface area contributed by atoms with Gasteiger partial charge in [0.15, 0.2) is 0 Å². The molecule has 2 aliphatic rings. The van der Waals surface area contributed by atoms with E-state index < -0.39 is 5.60 Å². The number of hydrogen-bond donors (Lipinski definition) is 0. The monoisotopic (exact) mass is 410 g/mol. The number of rotatable bonds is 3. The molecule has 1 amide bonds. The number of carbonyl (C=O) groups is 1. The maximum atomic E-state index is 12.5. The van der Waals surface area contributed by atoms with Crippen LogP contribution in [0.5, 0.6) is 5.88 Å². The summed E-state index contributed by atoms with van der Waals surface area (Å²) in [7, 11) is 1.87. The van der Waals surface area contributed by atoms with E-state index in [4.69, 9.17) is 14.5 Å². The van der Waals surface area contributed by atoms with Gasteiger partial charge in [-0.05, 0) is 33.3 Å². The van der Waals surface area contributed by atoms with Crippen molar-refractivity contribution in [2.24, 2.45) is 13.0 Å². The fraction of sp³-hybridized carbons (Fsp3) is 0.524. The second-order valence-electron chi connectivity index (χ2n) is 9.17. The molecule has 1 saturated heterocycles. The van der Waals surface area contributed by atoms with Crippen molar-refractivity contribution < 1.29 is 14.3 Å². The zero-order valence-corrected chi connectivity index (χ0v) is 17.6. The lowest BCUT2D eigenvalue weighted by molar-refractivity contribution is 0.0103. The summed E-state index contributed by atoms with van der Waals surface area (Å²) in [6, 6.07) is 2.05. The second kappa shape index (κ2) is 6.72. The van der Waals surface area contributed by atoms with Crippen LogP contribution in [0.4, 0.5) is 4.79 Å². The van der Waals surface area contributed by atoms with Crippen LogP contribution in [0, 0.1) is 5.92 Å². The lowest BCUT2D eigenvalue weighted by atomic mass is 10.1. The zero-order chi connectivity index (χ0) is 21.0. The van der Waals surface area contributed by atoms with Crippen molar-refractivity contribution in [1.29, 1.82) is 0 Å². The van der Waals surface area contributed by atoms with Crippen molar-refractivity contribution in [2.45, 2.75) is 51.4 Å². The summed E-state index contributed by atoms with van der Waals surface area (Å²) in [5, 5.41) is 8.60. The van der Waals surface area contributed by atoms with E-state index in [-0.39, 0.29) is 24.2 Å². The molecule has 3 atom stereocenters. The van der Waals surface area contributed by atoms with Gasteiger partial charge in [0.1, 0.15) is 17.2 Å². The molecule has 4 heterocycles. The summed E-state index contributed by atoms with van der Waals surface area (Å²) in [6.45, 7) is 6.33.